The summed E-state index contributed by atoms with van der Waals surface area (Å²) < 4.78 is 12.9. The molecule has 1 fully saturated rings. The van der Waals surface area contributed by atoms with E-state index in [4.69, 9.17) is 5.11 Å². The maximum Gasteiger partial charge on any atom is 0.308 e. The minimum atomic E-state index is -1.07. The highest BCUT2D eigenvalue weighted by atomic mass is 19.1. The van der Waals surface area contributed by atoms with Crippen LogP contribution in [-0.2, 0) is 14.4 Å². The van der Waals surface area contributed by atoms with Crippen LogP contribution >= 0.6 is 0 Å². The van der Waals surface area contributed by atoms with Gasteiger partial charge in [0.2, 0.25) is 11.8 Å². The van der Waals surface area contributed by atoms with E-state index in [-0.39, 0.29) is 38.4 Å². The van der Waals surface area contributed by atoms with Crippen LogP contribution in [0.5, 0.6) is 0 Å². The molecule has 2 amide bonds. The summed E-state index contributed by atoms with van der Waals surface area (Å²) in [6.45, 7) is -0.219. The van der Waals surface area contributed by atoms with Gasteiger partial charge in [0.25, 0.3) is 0 Å². The second kappa shape index (κ2) is 7.87. The Morgan fingerprint density at radius 1 is 1.17 bits per heavy atom. The number of carbonyl (C=O) groups excluding carboxylic acids is 2. The van der Waals surface area contributed by atoms with Crippen molar-refractivity contribution >= 4 is 23.5 Å². The summed E-state index contributed by atoms with van der Waals surface area (Å²) in [6.07, 6.45) is 0.00388. The number of anilines is 1. The SMILES string of the molecule is O=C(O)[C@H]1C[C@H](C(=O)Nc2ccc(F)cc2)CN(C(=O)CCO)C1. The summed E-state index contributed by atoms with van der Waals surface area (Å²) in [4.78, 5) is 36.9. The van der Waals surface area contributed by atoms with Crippen molar-refractivity contribution in [2.45, 2.75) is 12.8 Å². The van der Waals surface area contributed by atoms with Crippen LogP contribution in [0, 0.1) is 17.7 Å². The van der Waals surface area contributed by atoms with Crippen LogP contribution in [0.25, 0.3) is 0 Å². The Kier molecular flexibility index (Phi) is 5.86. The zero-order valence-electron chi connectivity index (χ0n) is 12.9. The average molecular weight is 338 g/mol. The summed E-state index contributed by atoms with van der Waals surface area (Å²) in [5.41, 5.74) is 0.395. The molecule has 0 aliphatic carbocycles. The maximum absolute atomic E-state index is 12.9. The third kappa shape index (κ3) is 4.51. The Hall–Kier alpha value is -2.48. The van der Waals surface area contributed by atoms with Crippen LogP contribution < -0.4 is 5.32 Å². The number of likely N-dealkylation sites (tertiary alicyclic amines) is 1. The normalized spacial score (nSPS) is 20.5. The first-order chi connectivity index (χ1) is 11.4. The average Bonchev–Trinajstić information content (AvgIpc) is 2.56. The summed E-state index contributed by atoms with van der Waals surface area (Å²) in [7, 11) is 0. The van der Waals surface area contributed by atoms with E-state index in [1.807, 2.05) is 0 Å². The Bertz CT molecular complexity index is 619. The molecule has 130 valence electrons. The number of carbonyl (C=O) groups is 3. The van der Waals surface area contributed by atoms with Gasteiger partial charge in [-0.2, -0.15) is 0 Å². The molecule has 24 heavy (non-hydrogen) atoms. The van der Waals surface area contributed by atoms with Gasteiger partial charge in [0, 0.05) is 25.2 Å². The number of aliphatic carboxylic acids is 1. The number of benzene rings is 1. The molecule has 1 aromatic rings. The van der Waals surface area contributed by atoms with Gasteiger partial charge in [-0.05, 0) is 30.7 Å². The smallest absolute Gasteiger partial charge is 0.308 e. The van der Waals surface area contributed by atoms with Gasteiger partial charge in [-0.1, -0.05) is 0 Å². The fourth-order valence-electron chi connectivity index (χ4n) is 2.70. The molecule has 0 bridgehead atoms. The van der Waals surface area contributed by atoms with E-state index in [1.54, 1.807) is 0 Å². The van der Waals surface area contributed by atoms with Crippen molar-refractivity contribution in [3.05, 3.63) is 30.1 Å². The molecule has 8 heteroatoms. The fraction of sp³-hybridized carbons (Fsp3) is 0.438. The third-order valence-corrected chi connectivity index (χ3v) is 3.96. The van der Waals surface area contributed by atoms with Crippen LogP contribution in [0.2, 0.25) is 0 Å². The highest BCUT2D eigenvalue weighted by Gasteiger charge is 2.36. The van der Waals surface area contributed by atoms with Crippen LogP contribution in [0.4, 0.5) is 10.1 Å². The van der Waals surface area contributed by atoms with E-state index < -0.39 is 29.5 Å². The van der Waals surface area contributed by atoms with E-state index in [1.165, 1.54) is 29.2 Å². The number of hydrogen-bond acceptors (Lipinski definition) is 4. The highest BCUT2D eigenvalue weighted by molar-refractivity contribution is 5.93. The Balaban J connectivity index is 2.08. The van der Waals surface area contributed by atoms with Crippen LogP contribution in [-0.4, -0.2) is 52.6 Å². The van der Waals surface area contributed by atoms with Gasteiger partial charge in [-0.25, -0.2) is 4.39 Å². The van der Waals surface area contributed by atoms with Crippen LogP contribution in [0.15, 0.2) is 24.3 Å². The Morgan fingerprint density at radius 3 is 2.38 bits per heavy atom. The maximum atomic E-state index is 12.9. The molecule has 7 nitrogen and oxygen atoms in total. The van der Waals surface area contributed by atoms with Gasteiger partial charge in [-0.3, -0.25) is 14.4 Å². The zero-order chi connectivity index (χ0) is 17.7. The zero-order valence-corrected chi connectivity index (χ0v) is 12.9. The molecule has 2 atom stereocenters. The van der Waals surface area contributed by atoms with Crippen molar-refractivity contribution in [3.8, 4) is 0 Å². The van der Waals surface area contributed by atoms with E-state index in [0.717, 1.165) is 0 Å². The lowest BCUT2D eigenvalue weighted by Gasteiger charge is -2.35. The quantitative estimate of drug-likeness (QED) is 0.732. The predicted molar refractivity (Wildman–Crippen MR) is 82.5 cm³/mol. The summed E-state index contributed by atoms with van der Waals surface area (Å²) in [6, 6.07) is 5.21. The number of piperidine rings is 1. The van der Waals surface area contributed by atoms with E-state index in [2.05, 4.69) is 5.32 Å². The lowest BCUT2D eigenvalue weighted by molar-refractivity contribution is -0.148. The van der Waals surface area contributed by atoms with E-state index in [0.29, 0.717) is 5.69 Å². The predicted octanol–water partition coefficient (Wildman–Crippen LogP) is 0.696. The van der Waals surface area contributed by atoms with Crippen molar-refractivity contribution in [2.24, 2.45) is 11.8 Å². The molecule has 0 spiro atoms. The molecule has 0 aromatic heterocycles. The summed E-state index contributed by atoms with van der Waals surface area (Å²) in [5.74, 6) is -3.84. The Labute approximate surface area is 138 Å². The van der Waals surface area contributed by atoms with Gasteiger partial charge >= 0.3 is 5.97 Å². The number of rotatable bonds is 5. The molecular weight excluding hydrogens is 319 g/mol. The van der Waals surface area contributed by atoms with Gasteiger partial charge in [0.05, 0.1) is 18.4 Å². The molecular formula is C16H19FN2O5. The molecule has 3 N–H and O–H groups in total. The van der Waals surface area contributed by atoms with Crippen LogP contribution in [0.1, 0.15) is 12.8 Å². The second-order valence-corrected chi connectivity index (χ2v) is 5.74. The van der Waals surface area contributed by atoms with E-state index >= 15 is 0 Å². The second-order valence-electron chi connectivity index (χ2n) is 5.74. The molecule has 1 aliphatic heterocycles. The van der Waals surface area contributed by atoms with E-state index in [9.17, 15) is 23.9 Å². The van der Waals surface area contributed by atoms with Gasteiger partial charge in [0.15, 0.2) is 0 Å². The van der Waals surface area contributed by atoms with Crippen molar-refractivity contribution in [2.75, 3.05) is 25.0 Å². The summed E-state index contributed by atoms with van der Waals surface area (Å²) in [5, 5.41) is 20.7. The standard InChI is InChI=1S/C16H19FN2O5/c17-12-1-3-13(4-2-12)18-15(22)10-7-11(16(23)24)9-19(8-10)14(21)5-6-20/h1-4,10-11,20H,5-9H2,(H,18,22)(H,23,24)/t10-,11-/m0/s1. The number of halogens is 1. The van der Waals surface area contributed by atoms with Crippen molar-refractivity contribution < 1.29 is 29.0 Å². The molecule has 0 unspecified atom stereocenters. The van der Waals surface area contributed by atoms with Gasteiger partial charge < -0.3 is 20.4 Å². The number of aliphatic hydroxyl groups excluding tert-OH is 1. The number of nitrogens with zero attached hydrogens (tertiary/aromatic N) is 1. The molecule has 0 saturated carbocycles. The first-order valence-corrected chi connectivity index (χ1v) is 7.58. The highest BCUT2D eigenvalue weighted by Crippen LogP contribution is 2.24. The number of aliphatic hydroxyl groups is 1. The number of amides is 2. The van der Waals surface area contributed by atoms with Crippen LogP contribution in [0.3, 0.4) is 0 Å². The number of carboxylic acid groups (broad SMARTS) is 1. The van der Waals surface area contributed by atoms with Crippen molar-refractivity contribution in [1.82, 2.24) is 4.90 Å². The largest absolute Gasteiger partial charge is 0.481 e. The lowest BCUT2D eigenvalue weighted by Crippen LogP contribution is -2.49. The molecule has 1 heterocycles. The lowest BCUT2D eigenvalue weighted by atomic mass is 9.88. The molecule has 0 radical (unpaired) electrons. The minimum Gasteiger partial charge on any atom is -0.481 e. The van der Waals surface area contributed by atoms with Gasteiger partial charge in [0.1, 0.15) is 5.82 Å². The minimum absolute atomic E-state index is 0.0223. The first kappa shape index (κ1) is 17.9. The van der Waals surface area contributed by atoms with Gasteiger partial charge in [-0.15, -0.1) is 0 Å². The molecule has 1 saturated heterocycles. The fourth-order valence-corrected chi connectivity index (χ4v) is 2.70. The Morgan fingerprint density at radius 2 is 1.79 bits per heavy atom. The van der Waals surface area contributed by atoms with Crippen molar-refractivity contribution in [1.29, 1.82) is 0 Å². The molecule has 1 aromatic carbocycles. The topological polar surface area (TPSA) is 107 Å². The first-order valence-electron chi connectivity index (χ1n) is 7.58. The third-order valence-electron chi connectivity index (χ3n) is 3.96. The summed E-state index contributed by atoms with van der Waals surface area (Å²) >= 11 is 0. The van der Waals surface area contributed by atoms with Crippen molar-refractivity contribution in [3.63, 3.8) is 0 Å². The molecule has 1 aliphatic rings. The monoisotopic (exact) mass is 338 g/mol. The molecule has 2 rings (SSSR count). The number of carboxylic acids is 1. The number of hydrogen-bond donors (Lipinski definition) is 3. The number of nitrogens with one attached hydrogen (secondary N) is 1.